The molecule has 12 heteroatoms. The molecule has 0 saturated carbocycles. The average molecular weight is 560 g/mol. The first kappa shape index (κ1) is 26.7. The first-order chi connectivity index (χ1) is 18.6. The van der Waals surface area contributed by atoms with E-state index in [1.165, 1.54) is 28.6 Å². The van der Waals surface area contributed by atoms with Gasteiger partial charge in [-0.3, -0.25) is 9.48 Å². The van der Waals surface area contributed by atoms with Crippen molar-refractivity contribution in [3.05, 3.63) is 78.2 Å². The SMILES string of the molecule is C[C@H]1CN(S(=O)(=O)c2ccc(OC(F)F)cc2)C[C@H]1n1nc(CC(=O)O)c2ccc(F)c(-c3ccccc3)c21. The predicted molar refractivity (Wildman–Crippen MR) is 137 cm³/mol. The Balaban J connectivity index is 1.57. The second-order valence-electron chi connectivity index (χ2n) is 9.36. The average Bonchev–Trinajstić information content (AvgIpc) is 3.44. The van der Waals surface area contributed by atoms with Crippen LogP contribution in [-0.2, 0) is 21.2 Å². The molecule has 2 atom stereocenters. The quantitative estimate of drug-likeness (QED) is 0.328. The number of carboxylic acids is 1. The lowest BCUT2D eigenvalue weighted by molar-refractivity contribution is -0.136. The van der Waals surface area contributed by atoms with Gasteiger partial charge in [-0.2, -0.15) is 18.2 Å². The summed E-state index contributed by atoms with van der Waals surface area (Å²) in [6.07, 6.45) is -0.389. The summed E-state index contributed by atoms with van der Waals surface area (Å²) >= 11 is 0. The first-order valence-corrected chi connectivity index (χ1v) is 13.5. The number of sulfonamides is 1. The Morgan fingerprint density at radius 3 is 2.41 bits per heavy atom. The molecule has 2 heterocycles. The van der Waals surface area contributed by atoms with Gasteiger partial charge in [0.15, 0.2) is 0 Å². The molecule has 0 bridgehead atoms. The number of aliphatic carboxylic acids is 1. The lowest BCUT2D eigenvalue weighted by Crippen LogP contribution is -2.29. The van der Waals surface area contributed by atoms with Crippen molar-refractivity contribution in [3.8, 4) is 16.9 Å². The topological polar surface area (TPSA) is 102 Å². The summed E-state index contributed by atoms with van der Waals surface area (Å²) in [7, 11) is -4.01. The van der Waals surface area contributed by atoms with Crippen LogP contribution in [0.2, 0.25) is 0 Å². The van der Waals surface area contributed by atoms with Crippen LogP contribution >= 0.6 is 0 Å². The van der Waals surface area contributed by atoms with E-state index in [4.69, 9.17) is 0 Å². The lowest BCUT2D eigenvalue weighted by atomic mass is 9.99. The second kappa shape index (κ2) is 10.3. The number of aromatic nitrogens is 2. The number of hydrogen-bond acceptors (Lipinski definition) is 5. The third kappa shape index (κ3) is 5.09. The highest BCUT2D eigenvalue weighted by atomic mass is 32.2. The molecule has 3 aromatic carbocycles. The van der Waals surface area contributed by atoms with Gasteiger partial charge in [0, 0.05) is 24.0 Å². The Morgan fingerprint density at radius 2 is 1.77 bits per heavy atom. The Kier molecular flexibility index (Phi) is 7.08. The molecule has 5 rings (SSSR count). The Morgan fingerprint density at radius 1 is 1.08 bits per heavy atom. The summed E-state index contributed by atoms with van der Waals surface area (Å²) in [5.74, 6) is -2.05. The molecule has 1 N–H and O–H groups in total. The Bertz CT molecular complexity index is 1630. The first-order valence-electron chi connectivity index (χ1n) is 12.1. The highest BCUT2D eigenvalue weighted by molar-refractivity contribution is 7.89. The van der Waals surface area contributed by atoms with E-state index in [0.29, 0.717) is 16.5 Å². The van der Waals surface area contributed by atoms with Crippen LogP contribution in [0.15, 0.2) is 71.6 Å². The molecule has 204 valence electrons. The summed E-state index contributed by atoms with van der Waals surface area (Å²) in [5, 5.41) is 14.5. The van der Waals surface area contributed by atoms with Crippen molar-refractivity contribution in [2.45, 2.75) is 30.9 Å². The molecule has 1 aliphatic rings. The molecule has 0 radical (unpaired) electrons. The minimum atomic E-state index is -4.01. The number of benzene rings is 3. The van der Waals surface area contributed by atoms with E-state index in [9.17, 15) is 27.1 Å². The van der Waals surface area contributed by atoms with E-state index >= 15 is 4.39 Å². The summed E-state index contributed by atoms with van der Waals surface area (Å²) in [4.78, 5) is 11.5. The fraction of sp³-hybridized carbons (Fsp3) is 0.259. The van der Waals surface area contributed by atoms with Crippen LogP contribution in [-0.4, -0.2) is 53.3 Å². The monoisotopic (exact) mass is 559 g/mol. The molecular formula is C27H24F3N3O5S. The van der Waals surface area contributed by atoms with E-state index in [1.54, 1.807) is 35.0 Å². The van der Waals surface area contributed by atoms with Crippen LogP contribution in [0.4, 0.5) is 13.2 Å². The van der Waals surface area contributed by atoms with E-state index in [1.807, 2.05) is 6.92 Å². The van der Waals surface area contributed by atoms with E-state index in [0.717, 1.165) is 12.1 Å². The molecule has 1 aromatic heterocycles. The van der Waals surface area contributed by atoms with E-state index in [2.05, 4.69) is 9.84 Å². The minimum Gasteiger partial charge on any atom is -0.481 e. The summed E-state index contributed by atoms with van der Waals surface area (Å²) < 4.78 is 74.2. The van der Waals surface area contributed by atoms with Gasteiger partial charge in [0.05, 0.1) is 28.6 Å². The number of ether oxygens (including phenoxy) is 1. The zero-order valence-electron chi connectivity index (χ0n) is 20.7. The van der Waals surface area contributed by atoms with E-state index < -0.39 is 34.5 Å². The largest absolute Gasteiger partial charge is 0.481 e. The van der Waals surface area contributed by atoms with Crippen molar-refractivity contribution in [2.24, 2.45) is 5.92 Å². The number of carboxylic acid groups (broad SMARTS) is 1. The van der Waals surface area contributed by atoms with Crippen molar-refractivity contribution in [1.29, 1.82) is 0 Å². The zero-order chi connectivity index (χ0) is 27.9. The van der Waals surface area contributed by atoms with Gasteiger partial charge in [-0.15, -0.1) is 0 Å². The van der Waals surface area contributed by atoms with E-state index in [-0.39, 0.29) is 47.3 Å². The third-order valence-corrected chi connectivity index (χ3v) is 8.66. The maximum absolute atomic E-state index is 15.3. The van der Waals surface area contributed by atoms with Gasteiger partial charge in [-0.05, 0) is 47.9 Å². The number of alkyl halides is 2. The smallest absolute Gasteiger partial charge is 0.387 e. The zero-order valence-corrected chi connectivity index (χ0v) is 21.5. The maximum Gasteiger partial charge on any atom is 0.387 e. The van der Waals surface area contributed by atoms with Crippen LogP contribution in [0, 0.1) is 11.7 Å². The fourth-order valence-electron chi connectivity index (χ4n) is 5.03. The molecule has 0 amide bonds. The second-order valence-corrected chi connectivity index (χ2v) is 11.3. The van der Waals surface area contributed by atoms with Crippen LogP contribution in [0.25, 0.3) is 22.0 Å². The molecule has 0 aliphatic carbocycles. The van der Waals surface area contributed by atoms with Crippen LogP contribution in [0.3, 0.4) is 0 Å². The normalized spacial score (nSPS) is 18.2. The molecule has 8 nitrogen and oxygen atoms in total. The number of fused-ring (bicyclic) bond motifs is 1. The standard InChI is InChI=1S/C27H24F3N3O5S/c1-16-14-32(39(36,37)19-9-7-18(8-10-19)38-27(29)30)15-23(16)33-26-20(22(31-33)13-24(34)35)11-12-21(28)25(26)17-5-3-2-4-6-17/h2-12,16,23,27H,13-15H2,1H3,(H,34,35)/t16-,23+/m0/s1. The Labute approximate surface area is 222 Å². The number of hydrogen-bond donors (Lipinski definition) is 1. The molecule has 1 saturated heterocycles. The van der Waals surface area contributed by atoms with Crippen molar-refractivity contribution in [1.82, 2.24) is 14.1 Å². The van der Waals surface area contributed by atoms with Crippen LogP contribution in [0.1, 0.15) is 18.7 Å². The summed E-state index contributed by atoms with van der Waals surface area (Å²) in [6.45, 7) is -1.08. The predicted octanol–water partition coefficient (Wildman–Crippen LogP) is 4.95. The molecule has 0 spiro atoms. The molecule has 39 heavy (non-hydrogen) atoms. The Hall–Kier alpha value is -3.90. The third-order valence-electron chi connectivity index (χ3n) is 6.82. The summed E-state index contributed by atoms with van der Waals surface area (Å²) in [5.41, 5.74) is 1.46. The molecular weight excluding hydrogens is 535 g/mol. The van der Waals surface area contributed by atoms with Gasteiger partial charge >= 0.3 is 12.6 Å². The van der Waals surface area contributed by atoms with Gasteiger partial charge in [0.1, 0.15) is 11.6 Å². The maximum atomic E-state index is 15.3. The van der Waals surface area contributed by atoms with Crippen molar-refractivity contribution >= 4 is 26.9 Å². The van der Waals surface area contributed by atoms with Crippen molar-refractivity contribution < 1.29 is 36.2 Å². The van der Waals surface area contributed by atoms with Gasteiger partial charge in [-0.25, -0.2) is 12.8 Å². The number of halogens is 3. The van der Waals surface area contributed by atoms with Crippen molar-refractivity contribution in [2.75, 3.05) is 13.1 Å². The molecule has 1 fully saturated rings. The van der Waals surface area contributed by atoms with Crippen LogP contribution < -0.4 is 4.74 Å². The number of carbonyl (C=O) groups is 1. The van der Waals surface area contributed by atoms with Crippen LogP contribution in [0.5, 0.6) is 5.75 Å². The van der Waals surface area contributed by atoms with Gasteiger partial charge < -0.3 is 9.84 Å². The van der Waals surface area contributed by atoms with Gasteiger partial charge in [0.2, 0.25) is 10.0 Å². The molecule has 1 aliphatic heterocycles. The number of nitrogens with zero attached hydrogens (tertiary/aromatic N) is 3. The fourth-order valence-corrected chi connectivity index (χ4v) is 6.59. The minimum absolute atomic E-state index is 0.00712. The number of rotatable bonds is 8. The summed E-state index contributed by atoms with van der Waals surface area (Å²) in [6, 6.07) is 15.7. The molecule has 0 unspecified atom stereocenters. The highest BCUT2D eigenvalue weighted by Gasteiger charge is 2.40. The van der Waals surface area contributed by atoms with Gasteiger partial charge in [0.25, 0.3) is 0 Å². The van der Waals surface area contributed by atoms with Gasteiger partial charge in [-0.1, -0.05) is 37.3 Å². The molecule has 4 aromatic rings. The lowest BCUT2D eigenvalue weighted by Gasteiger charge is -2.19. The highest BCUT2D eigenvalue weighted by Crippen LogP contribution is 2.39. The van der Waals surface area contributed by atoms with Crippen molar-refractivity contribution in [3.63, 3.8) is 0 Å².